The maximum absolute atomic E-state index is 12.3. The molecule has 1 unspecified atom stereocenters. The molecule has 5 heteroatoms. The first kappa shape index (κ1) is 17.2. The maximum Gasteiger partial charge on any atom is 0.232 e. The Hall–Kier alpha value is -3.21. The van der Waals surface area contributed by atoms with E-state index in [0.717, 1.165) is 27.8 Å². The van der Waals surface area contributed by atoms with Crippen molar-refractivity contribution >= 4 is 29.0 Å². The van der Waals surface area contributed by atoms with Gasteiger partial charge in [-0.1, -0.05) is 43.8 Å². The van der Waals surface area contributed by atoms with Gasteiger partial charge in [0.25, 0.3) is 0 Å². The molecule has 0 spiro atoms. The van der Waals surface area contributed by atoms with Crippen LogP contribution >= 0.6 is 0 Å². The predicted molar refractivity (Wildman–Crippen MR) is 104 cm³/mol. The number of carbonyl (C=O) groups is 3. The second-order valence-electron chi connectivity index (χ2n) is 7.07. The monoisotopic (exact) mass is 360 g/mol. The van der Waals surface area contributed by atoms with Gasteiger partial charge in [-0.2, -0.15) is 0 Å². The normalized spacial score (nSPS) is 17.9. The van der Waals surface area contributed by atoms with Crippen molar-refractivity contribution in [3.8, 4) is 11.1 Å². The zero-order chi connectivity index (χ0) is 19.1. The van der Waals surface area contributed by atoms with E-state index in [0.29, 0.717) is 5.69 Å². The van der Waals surface area contributed by atoms with Gasteiger partial charge in [0, 0.05) is 31.0 Å². The van der Waals surface area contributed by atoms with Crippen LogP contribution in [-0.2, 0) is 14.4 Å². The number of rotatable bonds is 4. The Morgan fingerprint density at radius 3 is 2.52 bits per heavy atom. The average Bonchev–Trinajstić information content (AvgIpc) is 3.07. The second kappa shape index (κ2) is 6.50. The summed E-state index contributed by atoms with van der Waals surface area (Å²) in [7, 11) is 0. The molecule has 4 rings (SSSR count). The molecule has 1 aliphatic carbocycles. The molecule has 1 aliphatic heterocycles. The number of hydrogen-bond donors (Lipinski definition) is 1. The first-order valence-corrected chi connectivity index (χ1v) is 9.03. The summed E-state index contributed by atoms with van der Waals surface area (Å²) in [6, 6.07) is 13.9. The van der Waals surface area contributed by atoms with Gasteiger partial charge in [0.05, 0.1) is 0 Å². The van der Waals surface area contributed by atoms with Crippen molar-refractivity contribution in [3.05, 3.63) is 60.2 Å². The number of carbonyl (C=O) groups excluding carboxylic acids is 3. The fraction of sp³-hybridized carbons (Fsp3) is 0.227. The predicted octanol–water partition coefficient (Wildman–Crippen LogP) is 3.45. The lowest BCUT2D eigenvalue weighted by molar-refractivity contribution is -0.139. The second-order valence-corrected chi connectivity index (χ2v) is 7.07. The molecule has 1 fully saturated rings. The molecular formula is C22H20N2O3. The standard InChI is InChI=1S/C22H20N2O3/c1-13-11-21(26)24(22(13)27)10-9-20(25)23-15-7-8-18-17-6-4-3-5-16(17)14(2)19(18)12-15/h3-8,12-13H,2,9-11H2,1H3,(H,23,25). The molecule has 1 saturated heterocycles. The van der Waals surface area contributed by atoms with Crippen molar-refractivity contribution in [1.82, 2.24) is 4.90 Å². The van der Waals surface area contributed by atoms with Crippen LogP contribution in [0.1, 0.15) is 30.9 Å². The first-order chi connectivity index (χ1) is 13.0. The molecule has 1 heterocycles. The van der Waals surface area contributed by atoms with Gasteiger partial charge in [-0.3, -0.25) is 19.3 Å². The molecule has 2 aromatic rings. The number of amides is 3. The molecule has 27 heavy (non-hydrogen) atoms. The third kappa shape index (κ3) is 2.95. The molecule has 136 valence electrons. The minimum Gasteiger partial charge on any atom is -0.326 e. The van der Waals surface area contributed by atoms with Crippen molar-refractivity contribution in [2.75, 3.05) is 11.9 Å². The van der Waals surface area contributed by atoms with Gasteiger partial charge in [0.1, 0.15) is 0 Å². The van der Waals surface area contributed by atoms with Crippen LogP contribution in [0.25, 0.3) is 16.7 Å². The summed E-state index contributed by atoms with van der Waals surface area (Å²) < 4.78 is 0. The largest absolute Gasteiger partial charge is 0.326 e. The van der Waals surface area contributed by atoms with Gasteiger partial charge in [-0.05, 0) is 40.0 Å². The summed E-state index contributed by atoms with van der Waals surface area (Å²) in [4.78, 5) is 37.2. The van der Waals surface area contributed by atoms with Crippen LogP contribution in [0.3, 0.4) is 0 Å². The summed E-state index contributed by atoms with van der Waals surface area (Å²) in [5, 5.41) is 2.85. The van der Waals surface area contributed by atoms with Crippen molar-refractivity contribution in [2.24, 2.45) is 5.92 Å². The first-order valence-electron chi connectivity index (χ1n) is 9.03. The Bertz CT molecular complexity index is 993. The summed E-state index contributed by atoms with van der Waals surface area (Å²) >= 11 is 0. The Kier molecular flexibility index (Phi) is 4.15. The van der Waals surface area contributed by atoms with Crippen LogP contribution in [0.15, 0.2) is 49.0 Å². The number of imide groups is 1. The van der Waals surface area contributed by atoms with Crippen molar-refractivity contribution in [2.45, 2.75) is 19.8 Å². The lowest BCUT2D eigenvalue weighted by Crippen LogP contribution is -2.33. The van der Waals surface area contributed by atoms with E-state index in [2.05, 4.69) is 18.0 Å². The zero-order valence-electron chi connectivity index (χ0n) is 15.1. The van der Waals surface area contributed by atoms with Crippen LogP contribution < -0.4 is 5.32 Å². The van der Waals surface area contributed by atoms with Gasteiger partial charge in [0.2, 0.25) is 17.7 Å². The minimum absolute atomic E-state index is 0.0858. The fourth-order valence-corrected chi connectivity index (χ4v) is 3.75. The van der Waals surface area contributed by atoms with E-state index >= 15 is 0 Å². The highest BCUT2D eigenvalue weighted by Gasteiger charge is 2.35. The SMILES string of the molecule is C=C1c2ccccc2-c2ccc(NC(=O)CCN3C(=O)CC(C)C3=O)cc21. The molecule has 2 aromatic carbocycles. The number of fused-ring (bicyclic) bond motifs is 3. The highest BCUT2D eigenvalue weighted by atomic mass is 16.2. The summed E-state index contributed by atoms with van der Waals surface area (Å²) in [6.07, 6.45) is 0.316. The number of hydrogen-bond acceptors (Lipinski definition) is 3. The van der Waals surface area contributed by atoms with E-state index < -0.39 is 0 Å². The van der Waals surface area contributed by atoms with Crippen LogP contribution in [-0.4, -0.2) is 29.2 Å². The van der Waals surface area contributed by atoms with E-state index in [1.54, 1.807) is 6.92 Å². The lowest BCUT2D eigenvalue weighted by atomic mass is 10.1. The number of nitrogens with zero attached hydrogens (tertiary/aromatic N) is 1. The fourth-order valence-electron chi connectivity index (χ4n) is 3.75. The quantitative estimate of drug-likeness (QED) is 0.725. The number of benzene rings is 2. The molecule has 0 aromatic heterocycles. The Morgan fingerprint density at radius 1 is 1.11 bits per heavy atom. The Morgan fingerprint density at radius 2 is 1.81 bits per heavy atom. The van der Waals surface area contributed by atoms with E-state index in [9.17, 15) is 14.4 Å². The smallest absolute Gasteiger partial charge is 0.232 e. The van der Waals surface area contributed by atoms with E-state index in [4.69, 9.17) is 0 Å². The highest BCUT2D eigenvalue weighted by Crippen LogP contribution is 2.44. The number of anilines is 1. The molecule has 0 saturated carbocycles. The van der Waals surface area contributed by atoms with E-state index in [1.807, 2.05) is 36.4 Å². The molecule has 0 radical (unpaired) electrons. The van der Waals surface area contributed by atoms with Gasteiger partial charge in [-0.15, -0.1) is 0 Å². The topological polar surface area (TPSA) is 66.5 Å². The highest BCUT2D eigenvalue weighted by molar-refractivity contribution is 6.04. The van der Waals surface area contributed by atoms with Gasteiger partial charge < -0.3 is 5.32 Å². The zero-order valence-corrected chi connectivity index (χ0v) is 15.1. The van der Waals surface area contributed by atoms with Crippen LogP contribution in [0.5, 0.6) is 0 Å². The van der Waals surface area contributed by atoms with Gasteiger partial charge >= 0.3 is 0 Å². The molecule has 1 atom stereocenters. The number of likely N-dealkylation sites (tertiary alicyclic amines) is 1. The number of nitrogens with one attached hydrogen (secondary N) is 1. The van der Waals surface area contributed by atoms with Crippen LogP contribution in [0, 0.1) is 5.92 Å². The van der Waals surface area contributed by atoms with Crippen molar-refractivity contribution in [3.63, 3.8) is 0 Å². The summed E-state index contributed by atoms with van der Waals surface area (Å²) in [5.74, 6) is -0.910. The molecule has 1 N–H and O–H groups in total. The van der Waals surface area contributed by atoms with Crippen molar-refractivity contribution in [1.29, 1.82) is 0 Å². The molecule has 0 bridgehead atoms. The minimum atomic E-state index is -0.287. The maximum atomic E-state index is 12.3. The van der Waals surface area contributed by atoms with E-state index in [-0.39, 0.29) is 43.0 Å². The average molecular weight is 360 g/mol. The summed E-state index contributed by atoms with van der Waals surface area (Å²) in [5.41, 5.74) is 5.99. The molecule has 3 amide bonds. The van der Waals surface area contributed by atoms with Gasteiger partial charge in [-0.25, -0.2) is 0 Å². The third-order valence-corrected chi connectivity index (χ3v) is 5.20. The van der Waals surface area contributed by atoms with Crippen molar-refractivity contribution < 1.29 is 14.4 Å². The lowest BCUT2D eigenvalue weighted by Gasteiger charge is -2.14. The Labute approximate surface area is 157 Å². The van der Waals surface area contributed by atoms with Crippen LogP contribution in [0.4, 0.5) is 5.69 Å². The van der Waals surface area contributed by atoms with Gasteiger partial charge in [0.15, 0.2) is 0 Å². The Balaban J connectivity index is 1.44. The molecule has 2 aliphatic rings. The van der Waals surface area contributed by atoms with E-state index in [1.165, 1.54) is 4.90 Å². The van der Waals surface area contributed by atoms with Crippen LogP contribution in [0.2, 0.25) is 0 Å². The molecular weight excluding hydrogens is 340 g/mol. The molecule has 5 nitrogen and oxygen atoms in total. The summed E-state index contributed by atoms with van der Waals surface area (Å²) in [6.45, 7) is 6.03. The third-order valence-electron chi connectivity index (χ3n) is 5.20.